The number of benzene rings is 1. The first-order chi connectivity index (χ1) is 9.96. The molecule has 0 bridgehead atoms. The summed E-state index contributed by atoms with van der Waals surface area (Å²) < 4.78 is 0. The molecule has 4 heteroatoms. The maximum atomic E-state index is 6.36. The Bertz CT molecular complexity index is 448. The van der Waals surface area contributed by atoms with Crippen LogP contribution >= 0.6 is 23.2 Å². The normalized spacial score (nSPS) is 18.1. The van der Waals surface area contributed by atoms with Crippen molar-refractivity contribution in [3.8, 4) is 0 Å². The van der Waals surface area contributed by atoms with Crippen LogP contribution in [0.25, 0.3) is 0 Å². The number of rotatable bonds is 6. The lowest BCUT2D eigenvalue weighted by atomic mass is 9.87. The second-order valence-electron chi connectivity index (χ2n) is 6.36. The van der Waals surface area contributed by atoms with Gasteiger partial charge >= 0.3 is 0 Å². The quantitative estimate of drug-likeness (QED) is 0.833. The number of likely N-dealkylation sites (tertiary alicyclic amines) is 1. The molecule has 2 nitrogen and oxygen atoms in total. The molecule has 21 heavy (non-hydrogen) atoms. The van der Waals surface area contributed by atoms with Crippen LogP contribution < -0.4 is 5.32 Å². The fourth-order valence-corrected chi connectivity index (χ4v) is 3.82. The summed E-state index contributed by atoms with van der Waals surface area (Å²) in [4.78, 5) is 2.59. The minimum Gasteiger partial charge on any atom is -0.312 e. The first-order valence-electron chi connectivity index (χ1n) is 7.88. The second-order valence-corrected chi connectivity index (χ2v) is 7.18. The standard InChI is InChI=1S/C17H26Cl2N2/c1-4-20-16(17(2,3)21-10-5-6-11-21)12-13-14(18)8-7-9-15(13)19/h7-9,16,20H,4-6,10-12H2,1-3H3. The van der Waals surface area contributed by atoms with Crippen molar-refractivity contribution >= 4 is 23.2 Å². The lowest BCUT2D eigenvalue weighted by molar-refractivity contribution is 0.107. The van der Waals surface area contributed by atoms with E-state index in [0.717, 1.165) is 28.6 Å². The van der Waals surface area contributed by atoms with Crippen molar-refractivity contribution < 1.29 is 0 Å². The Balaban J connectivity index is 2.22. The molecule has 0 spiro atoms. The van der Waals surface area contributed by atoms with Crippen LogP contribution in [-0.4, -0.2) is 36.1 Å². The summed E-state index contributed by atoms with van der Waals surface area (Å²) in [6.07, 6.45) is 3.46. The van der Waals surface area contributed by atoms with E-state index in [1.807, 2.05) is 18.2 Å². The predicted molar refractivity (Wildman–Crippen MR) is 92.5 cm³/mol. The molecule has 2 rings (SSSR count). The van der Waals surface area contributed by atoms with Gasteiger partial charge in [-0.1, -0.05) is 36.2 Å². The Morgan fingerprint density at radius 1 is 1.19 bits per heavy atom. The average molecular weight is 329 g/mol. The summed E-state index contributed by atoms with van der Waals surface area (Å²) in [5.74, 6) is 0. The first kappa shape index (κ1) is 17.1. The molecular formula is C17H26Cl2N2. The van der Waals surface area contributed by atoms with Crippen molar-refractivity contribution in [1.29, 1.82) is 0 Å². The Labute approximate surface area is 138 Å². The van der Waals surface area contributed by atoms with Crippen LogP contribution in [-0.2, 0) is 6.42 Å². The molecule has 1 aliphatic heterocycles. The average Bonchev–Trinajstić information content (AvgIpc) is 2.96. The summed E-state index contributed by atoms with van der Waals surface area (Å²) in [5, 5.41) is 5.18. The van der Waals surface area contributed by atoms with E-state index in [1.54, 1.807) is 0 Å². The molecule has 1 fully saturated rings. The maximum Gasteiger partial charge on any atom is 0.0453 e. The van der Waals surface area contributed by atoms with Crippen LogP contribution in [0.4, 0.5) is 0 Å². The first-order valence-corrected chi connectivity index (χ1v) is 8.63. The smallest absolute Gasteiger partial charge is 0.0453 e. The van der Waals surface area contributed by atoms with Gasteiger partial charge in [0, 0.05) is 21.6 Å². The highest BCUT2D eigenvalue weighted by Crippen LogP contribution is 2.31. The van der Waals surface area contributed by atoms with E-state index in [4.69, 9.17) is 23.2 Å². The monoisotopic (exact) mass is 328 g/mol. The SMILES string of the molecule is CCNC(Cc1c(Cl)cccc1Cl)C(C)(C)N1CCCC1. The largest absolute Gasteiger partial charge is 0.312 e. The third-order valence-corrected chi connectivity index (χ3v) is 5.40. The zero-order valence-corrected chi connectivity index (χ0v) is 14.8. The summed E-state index contributed by atoms with van der Waals surface area (Å²) in [6, 6.07) is 6.09. The van der Waals surface area contributed by atoms with Gasteiger partial charge in [0.25, 0.3) is 0 Å². The number of nitrogens with one attached hydrogen (secondary N) is 1. The van der Waals surface area contributed by atoms with Crippen molar-refractivity contribution in [2.75, 3.05) is 19.6 Å². The lowest BCUT2D eigenvalue weighted by Crippen LogP contribution is -2.57. The van der Waals surface area contributed by atoms with Gasteiger partial charge in [-0.3, -0.25) is 4.90 Å². The molecule has 1 heterocycles. The number of halogens is 2. The summed E-state index contributed by atoms with van der Waals surface area (Å²) in [5.41, 5.74) is 1.15. The van der Waals surface area contributed by atoms with E-state index in [1.165, 1.54) is 25.9 Å². The van der Waals surface area contributed by atoms with Crippen molar-refractivity contribution in [3.63, 3.8) is 0 Å². The van der Waals surface area contributed by atoms with Gasteiger partial charge in [0.1, 0.15) is 0 Å². The molecule has 1 unspecified atom stereocenters. The molecular weight excluding hydrogens is 303 g/mol. The van der Waals surface area contributed by atoms with Gasteiger partial charge in [0.05, 0.1) is 0 Å². The van der Waals surface area contributed by atoms with Crippen LogP contribution in [0, 0.1) is 0 Å². The Kier molecular flexibility index (Phi) is 5.96. The van der Waals surface area contributed by atoms with E-state index in [9.17, 15) is 0 Å². The molecule has 1 aliphatic rings. The third kappa shape index (κ3) is 3.92. The minimum atomic E-state index is 0.0923. The molecule has 0 aliphatic carbocycles. The molecule has 1 N–H and O–H groups in total. The molecule has 0 aromatic heterocycles. The molecule has 118 valence electrons. The van der Waals surface area contributed by atoms with Gasteiger partial charge in [-0.2, -0.15) is 0 Å². The molecule has 0 saturated carbocycles. The summed E-state index contributed by atoms with van der Waals surface area (Å²) in [7, 11) is 0. The zero-order chi connectivity index (χ0) is 15.5. The maximum absolute atomic E-state index is 6.36. The highest BCUT2D eigenvalue weighted by molar-refractivity contribution is 6.36. The van der Waals surface area contributed by atoms with Crippen LogP contribution in [0.3, 0.4) is 0 Å². The lowest BCUT2D eigenvalue weighted by Gasteiger charge is -2.43. The van der Waals surface area contributed by atoms with Crippen molar-refractivity contribution in [2.45, 2.75) is 51.6 Å². The Hall–Kier alpha value is -0.280. The molecule has 1 aromatic rings. The fraction of sp³-hybridized carbons (Fsp3) is 0.647. The topological polar surface area (TPSA) is 15.3 Å². The number of hydrogen-bond acceptors (Lipinski definition) is 2. The zero-order valence-electron chi connectivity index (χ0n) is 13.3. The van der Waals surface area contributed by atoms with Crippen molar-refractivity contribution in [2.24, 2.45) is 0 Å². The fourth-order valence-electron chi connectivity index (χ4n) is 3.26. The number of hydrogen-bond donors (Lipinski definition) is 1. The van der Waals surface area contributed by atoms with Gasteiger partial charge < -0.3 is 5.32 Å². The number of likely N-dealkylation sites (N-methyl/N-ethyl adjacent to an activating group) is 1. The van der Waals surface area contributed by atoms with Crippen LogP contribution in [0.1, 0.15) is 39.2 Å². The molecule has 1 aromatic carbocycles. The highest BCUT2D eigenvalue weighted by atomic mass is 35.5. The Morgan fingerprint density at radius 2 is 1.76 bits per heavy atom. The Morgan fingerprint density at radius 3 is 2.29 bits per heavy atom. The van der Waals surface area contributed by atoms with Crippen LogP contribution in [0.2, 0.25) is 10.0 Å². The summed E-state index contributed by atoms with van der Waals surface area (Å²) >= 11 is 12.7. The van der Waals surface area contributed by atoms with E-state index < -0.39 is 0 Å². The highest BCUT2D eigenvalue weighted by Gasteiger charge is 2.36. The van der Waals surface area contributed by atoms with E-state index in [2.05, 4.69) is 31.0 Å². The third-order valence-electron chi connectivity index (χ3n) is 4.69. The number of nitrogens with zero attached hydrogens (tertiary/aromatic N) is 1. The second kappa shape index (κ2) is 7.32. The van der Waals surface area contributed by atoms with Crippen molar-refractivity contribution in [3.05, 3.63) is 33.8 Å². The minimum absolute atomic E-state index is 0.0923. The predicted octanol–water partition coefficient (Wildman–Crippen LogP) is 4.39. The van der Waals surface area contributed by atoms with Gasteiger partial charge in [-0.25, -0.2) is 0 Å². The van der Waals surface area contributed by atoms with Gasteiger partial charge in [0.2, 0.25) is 0 Å². The summed E-state index contributed by atoms with van der Waals surface area (Å²) in [6.45, 7) is 10.1. The molecule has 1 saturated heterocycles. The van der Waals surface area contributed by atoms with E-state index in [0.29, 0.717) is 6.04 Å². The van der Waals surface area contributed by atoms with E-state index in [-0.39, 0.29) is 5.54 Å². The van der Waals surface area contributed by atoms with Gasteiger partial charge in [0.15, 0.2) is 0 Å². The van der Waals surface area contributed by atoms with Crippen LogP contribution in [0.15, 0.2) is 18.2 Å². The van der Waals surface area contributed by atoms with Crippen molar-refractivity contribution in [1.82, 2.24) is 10.2 Å². The molecule has 0 radical (unpaired) electrons. The van der Waals surface area contributed by atoms with E-state index >= 15 is 0 Å². The van der Waals surface area contributed by atoms with Gasteiger partial charge in [-0.15, -0.1) is 0 Å². The van der Waals surface area contributed by atoms with Crippen LogP contribution in [0.5, 0.6) is 0 Å². The van der Waals surface area contributed by atoms with Gasteiger partial charge in [-0.05, 0) is 70.4 Å². The molecule has 1 atom stereocenters. The molecule has 0 amide bonds.